The minimum Gasteiger partial charge on any atom is -0.369 e. The Morgan fingerprint density at radius 3 is 2.45 bits per heavy atom. The SMILES string of the molecule is CC(C)NCC(OC1CCN(C)CC1)c1ccccc1. The van der Waals surface area contributed by atoms with Crippen molar-refractivity contribution in [3.63, 3.8) is 0 Å². The second kappa shape index (κ2) is 7.77. The van der Waals surface area contributed by atoms with Crippen LogP contribution in [0.1, 0.15) is 38.4 Å². The molecule has 1 heterocycles. The number of hydrogen-bond donors (Lipinski definition) is 1. The summed E-state index contributed by atoms with van der Waals surface area (Å²) in [5.74, 6) is 0. The van der Waals surface area contributed by atoms with Crippen LogP contribution in [-0.4, -0.2) is 43.7 Å². The van der Waals surface area contributed by atoms with E-state index in [4.69, 9.17) is 4.74 Å². The molecule has 2 rings (SSSR count). The summed E-state index contributed by atoms with van der Waals surface area (Å²) in [7, 11) is 2.19. The van der Waals surface area contributed by atoms with E-state index in [2.05, 4.69) is 61.4 Å². The lowest BCUT2D eigenvalue weighted by molar-refractivity contribution is -0.0409. The van der Waals surface area contributed by atoms with E-state index in [1.807, 2.05) is 0 Å². The van der Waals surface area contributed by atoms with Crippen molar-refractivity contribution in [1.29, 1.82) is 0 Å². The first-order chi connectivity index (χ1) is 9.65. The van der Waals surface area contributed by atoms with E-state index in [0.717, 1.165) is 32.5 Å². The smallest absolute Gasteiger partial charge is 0.0953 e. The third-order valence-corrected chi connectivity index (χ3v) is 3.91. The molecule has 1 unspecified atom stereocenters. The lowest BCUT2D eigenvalue weighted by Crippen LogP contribution is -2.37. The third-order valence-electron chi connectivity index (χ3n) is 3.91. The summed E-state index contributed by atoms with van der Waals surface area (Å²) in [5.41, 5.74) is 1.28. The molecule has 20 heavy (non-hydrogen) atoms. The van der Waals surface area contributed by atoms with Crippen LogP contribution in [-0.2, 0) is 4.74 Å². The largest absolute Gasteiger partial charge is 0.369 e. The molecule has 0 saturated carbocycles. The third kappa shape index (κ3) is 4.89. The topological polar surface area (TPSA) is 24.5 Å². The van der Waals surface area contributed by atoms with Crippen LogP contribution in [0.3, 0.4) is 0 Å². The van der Waals surface area contributed by atoms with Crippen molar-refractivity contribution < 1.29 is 4.74 Å². The van der Waals surface area contributed by atoms with Gasteiger partial charge in [-0.15, -0.1) is 0 Å². The molecule has 1 aromatic rings. The Labute approximate surface area is 123 Å². The zero-order valence-corrected chi connectivity index (χ0v) is 13.0. The first kappa shape index (κ1) is 15.5. The van der Waals surface area contributed by atoms with E-state index in [9.17, 15) is 0 Å². The maximum atomic E-state index is 6.39. The quantitative estimate of drug-likeness (QED) is 0.864. The number of nitrogens with one attached hydrogen (secondary N) is 1. The fourth-order valence-electron chi connectivity index (χ4n) is 2.61. The highest BCUT2D eigenvalue weighted by Crippen LogP contribution is 2.23. The summed E-state index contributed by atoms with van der Waals surface area (Å²) < 4.78 is 6.39. The van der Waals surface area contributed by atoms with Gasteiger partial charge in [-0.25, -0.2) is 0 Å². The molecule has 3 heteroatoms. The molecule has 1 N–H and O–H groups in total. The normalized spacial score (nSPS) is 19.4. The Bertz CT molecular complexity index is 372. The van der Waals surface area contributed by atoms with E-state index in [0.29, 0.717) is 12.1 Å². The Kier molecular flexibility index (Phi) is 6.02. The highest BCUT2D eigenvalue weighted by Gasteiger charge is 2.22. The van der Waals surface area contributed by atoms with E-state index in [1.54, 1.807) is 0 Å². The lowest BCUT2D eigenvalue weighted by Gasteiger charge is -2.32. The van der Waals surface area contributed by atoms with Crippen molar-refractivity contribution in [2.75, 3.05) is 26.7 Å². The molecule has 1 fully saturated rings. The average Bonchev–Trinajstić information content (AvgIpc) is 2.46. The number of benzene rings is 1. The monoisotopic (exact) mass is 276 g/mol. The Hall–Kier alpha value is -0.900. The van der Waals surface area contributed by atoms with Gasteiger partial charge in [0.15, 0.2) is 0 Å². The summed E-state index contributed by atoms with van der Waals surface area (Å²) >= 11 is 0. The second-order valence-corrected chi connectivity index (χ2v) is 6.10. The van der Waals surface area contributed by atoms with Crippen molar-refractivity contribution in [3.05, 3.63) is 35.9 Å². The first-order valence-corrected chi connectivity index (χ1v) is 7.77. The van der Waals surface area contributed by atoms with Gasteiger partial charge in [0.25, 0.3) is 0 Å². The highest BCUT2D eigenvalue weighted by atomic mass is 16.5. The van der Waals surface area contributed by atoms with Gasteiger partial charge in [0.2, 0.25) is 0 Å². The Morgan fingerprint density at radius 2 is 1.85 bits per heavy atom. The molecule has 0 bridgehead atoms. The standard InChI is InChI=1S/C17H28N2O/c1-14(2)18-13-17(15-7-5-4-6-8-15)20-16-9-11-19(3)12-10-16/h4-8,14,16-18H,9-13H2,1-3H3. The number of nitrogens with zero attached hydrogens (tertiary/aromatic N) is 1. The summed E-state index contributed by atoms with van der Waals surface area (Å²) in [6.07, 6.45) is 2.83. The van der Waals surface area contributed by atoms with Crippen LogP contribution in [0.2, 0.25) is 0 Å². The van der Waals surface area contributed by atoms with E-state index >= 15 is 0 Å². The van der Waals surface area contributed by atoms with E-state index < -0.39 is 0 Å². The van der Waals surface area contributed by atoms with Crippen molar-refractivity contribution in [2.45, 2.75) is 44.9 Å². The van der Waals surface area contributed by atoms with Gasteiger partial charge < -0.3 is 15.0 Å². The van der Waals surface area contributed by atoms with E-state index in [-0.39, 0.29) is 6.10 Å². The van der Waals surface area contributed by atoms with Crippen LogP contribution in [0.15, 0.2) is 30.3 Å². The molecule has 0 spiro atoms. The number of ether oxygens (including phenoxy) is 1. The summed E-state index contributed by atoms with van der Waals surface area (Å²) in [5, 5.41) is 3.51. The fraction of sp³-hybridized carbons (Fsp3) is 0.647. The predicted molar refractivity (Wildman–Crippen MR) is 83.9 cm³/mol. The summed E-state index contributed by atoms with van der Waals surface area (Å²) in [6, 6.07) is 11.1. The molecule has 0 aromatic heterocycles. The van der Waals surface area contributed by atoms with Gasteiger partial charge in [0.1, 0.15) is 0 Å². The second-order valence-electron chi connectivity index (χ2n) is 6.10. The van der Waals surface area contributed by atoms with Gasteiger partial charge >= 0.3 is 0 Å². The van der Waals surface area contributed by atoms with Crippen molar-refractivity contribution >= 4 is 0 Å². The van der Waals surface area contributed by atoms with Crippen LogP contribution in [0.4, 0.5) is 0 Å². The van der Waals surface area contributed by atoms with Crippen molar-refractivity contribution in [1.82, 2.24) is 10.2 Å². The molecule has 1 aliphatic rings. The van der Waals surface area contributed by atoms with Gasteiger partial charge in [-0.3, -0.25) is 0 Å². The van der Waals surface area contributed by atoms with Crippen LogP contribution >= 0.6 is 0 Å². The van der Waals surface area contributed by atoms with Crippen LogP contribution in [0.25, 0.3) is 0 Å². The summed E-state index contributed by atoms with van der Waals surface area (Å²) in [6.45, 7) is 7.52. The van der Waals surface area contributed by atoms with E-state index in [1.165, 1.54) is 5.56 Å². The van der Waals surface area contributed by atoms with Crippen LogP contribution in [0.5, 0.6) is 0 Å². The van der Waals surface area contributed by atoms with Gasteiger partial charge in [0.05, 0.1) is 12.2 Å². The fourth-order valence-corrected chi connectivity index (χ4v) is 2.61. The highest BCUT2D eigenvalue weighted by molar-refractivity contribution is 5.18. The lowest BCUT2D eigenvalue weighted by atomic mass is 10.1. The molecule has 1 saturated heterocycles. The molecule has 112 valence electrons. The number of piperidine rings is 1. The molecule has 0 aliphatic carbocycles. The molecular weight excluding hydrogens is 248 g/mol. The van der Waals surface area contributed by atoms with Crippen LogP contribution < -0.4 is 5.32 Å². The van der Waals surface area contributed by atoms with Crippen LogP contribution in [0, 0.1) is 0 Å². The van der Waals surface area contributed by atoms with Crippen molar-refractivity contribution in [3.8, 4) is 0 Å². The minimum absolute atomic E-state index is 0.159. The Balaban J connectivity index is 1.95. The molecule has 3 nitrogen and oxygen atoms in total. The maximum absolute atomic E-state index is 6.39. The zero-order chi connectivity index (χ0) is 14.4. The van der Waals surface area contributed by atoms with Gasteiger partial charge in [-0.1, -0.05) is 44.2 Å². The van der Waals surface area contributed by atoms with Gasteiger partial charge in [0, 0.05) is 25.7 Å². The van der Waals surface area contributed by atoms with Gasteiger partial charge in [-0.05, 0) is 25.5 Å². The van der Waals surface area contributed by atoms with Gasteiger partial charge in [-0.2, -0.15) is 0 Å². The number of rotatable bonds is 6. The average molecular weight is 276 g/mol. The number of likely N-dealkylation sites (tertiary alicyclic amines) is 1. The predicted octanol–water partition coefficient (Wildman–Crippen LogP) is 2.84. The zero-order valence-electron chi connectivity index (χ0n) is 13.0. The summed E-state index contributed by atoms with van der Waals surface area (Å²) in [4.78, 5) is 2.38. The van der Waals surface area contributed by atoms with Crippen molar-refractivity contribution in [2.24, 2.45) is 0 Å². The molecule has 0 amide bonds. The number of hydrogen-bond acceptors (Lipinski definition) is 3. The minimum atomic E-state index is 0.159. The molecule has 1 aliphatic heterocycles. The molecule has 0 radical (unpaired) electrons. The first-order valence-electron chi connectivity index (χ1n) is 7.77. The molecule has 1 atom stereocenters. The maximum Gasteiger partial charge on any atom is 0.0953 e. The molecule has 1 aromatic carbocycles. The Morgan fingerprint density at radius 1 is 1.20 bits per heavy atom. The molecular formula is C17H28N2O.